The van der Waals surface area contributed by atoms with Crippen LogP contribution in [0.5, 0.6) is 5.75 Å². The Balaban J connectivity index is 1.15. The maximum Gasteiger partial charge on any atom is 0.328 e. The molecule has 41 heavy (non-hydrogen) atoms. The lowest BCUT2D eigenvalue weighted by Crippen LogP contribution is -2.51. The maximum absolute atomic E-state index is 12.9. The monoisotopic (exact) mass is 565 g/mol. The molecule has 7 atom stereocenters. The van der Waals surface area contributed by atoms with Crippen LogP contribution in [0.25, 0.3) is 0 Å². The first kappa shape index (κ1) is 29.3. The molecule has 0 aromatic heterocycles. The number of hydrogen-bond donors (Lipinski definition) is 2. The van der Waals surface area contributed by atoms with E-state index < -0.39 is 17.9 Å². The second-order valence-electron chi connectivity index (χ2n) is 13.1. The number of carbonyl (C=O) groups excluding carboxylic acids is 4. The molecule has 4 aliphatic rings. The molecule has 1 aromatic rings. The molecule has 5 rings (SSSR count). The molecule has 0 unspecified atom stereocenters. The summed E-state index contributed by atoms with van der Waals surface area (Å²) in [5.74, 6) is 0.677. The number of benzene rings is 1. The number of fused-ring (bicyclic) bond motifs is 5. The summed E-state index contributed by atoms with van der Waals surface area (Å²) in [6, 6.07) is 5.49. The average Bonchev–Trinajstić information content (AvgIpc) is 3.28. The number of carbonyl (C=O) groups is 4. The lowest BCUT2D eigenvalue weighted by atomic mass is 9.47. The first-order valence-corrected chi connectivity index (χ1v) is 15.1. The summed E-state index contributed by atoms with van der Waals surface area (Å²) in [5, 5.41) is 12.2. The minimum Gasteiger partial charge on any atom is -0.508 e. The Morgan fingerprint density at radius 1 is 1.00 bits per heavy atom. The maximum atomic E-state index is 12.9. The summed E-state index contributed by atoms with van der Waals surface area (Å²) in [7, 11) is 1.26. The van der Waals surface area contributed by atoms with Crippen LogP contribution in [0.4, 0.5) is 0 Å². The van der Waals surface area contributed by atoms with E-state index in [1.54, 1.807) is 12.1 Å². The Kier molecular flexibility index (Phi) is 8.31. The van der Waals surface area contributed by atoms with Crippen molar-refractivity contribution < 1.29 is 33.8 Å². The normalized spacial score (nSPS) is 33.0. The third-order valence-corrected chi connectivity index (χ3v) is 10.9. The summed E-state index contributed by atoms with van der Waals surface area (Å²) in [6.07, 6.45) is 9.54. The van der Waals surface area contributed by atoms with Crippen molar-refractivity contribution in [2.45, 2.75) is 96.6 Å². The first-order chi connectivity index (χ1) is 19.5. The van der Waals surface area contributed by atoms with Crippen LogP contribution in [0.3, 0.4) is 0 Å². The van der Waals surface area contributed by atoms with E-state index in [4.69, 9.17) is 9.47 Å². The van der Waals surface area contributed by atoms with E-state index in [-0.39, 0.29) is 53.7 Å². The minimum atomic E-state index is -0.896. The van der Waals surface area contributed by atoms with Crippen molar-refractivity contribution in [3.8, 4) is 5.75 Å². The van der Waals surface area contributed by atoms with Gasteiger partial charge >= 0.3 is 11.9 Å². The topological polar surface area (TPSA) is 119 Å². The number of phenolic OH excluding ortho intramolecular Hbond substituents is 1. The van der Waals surface area contributed by atoms with E-state index in [0.717, 1.165) is 50.5 Å². The smallest absolute Gasteiger partial charge is 0.328 e. The largest absolute Gasteiger partial charge is 0.508 e. The van der Waals surface area contributed by atoms with Gasteiger partial charge in [0.15, 0.2) is 5.78 Å². The van der Waals surface area contributed by atoms with Crippen LogP contribution in [0, 0.1) is 28.6 Å². The molecular weight excluding hydrogens is 522 g/mol. The zero-order chi connectivity index (χ0) is 29.4. The summed E-state index contributed by atoms with van der Waals surface area (Å²) in [5.41, 5.74) is 2.16. The number of hydrogen-bond acceptors (Lipinski definition) is 7. The summed E-state index contributed by atoms with van der Waals surface area (Å²) in [4.78, 5) is 50.0. The van der Waals surface area contributed by atoms with Gasteiger partial charge in [0.25, 0.3) is 0 Å². The summed E-state index contributed by atoms with van der Waals surface area (Å²) < 4.78 is 10.9. The first-order valence-electron chi connectivity index (χ1n) is 15.1. The Morgan fingerprint density at radius 3 is 2.49 bits per heavy atom. The van der Waals surface area contributed by atoms with Crippen LogP contribution in [0.1, 0.15) is 83.6 Å². The summed E-state index contributed by atoms with van der Waals surface area (Å²) in [6.45, 7) is 4.66. The number of methoxy groups -OCH3 is 1. The molecule has 0 heterocycles. The van der Waals surface area contributed by atoms with Gasteiger partial charge in [0.1, 0.15) is 17.9 Å². The standard InChI is InChI=1S/C33H43NO7/c1-32-16-14-23(36)19-21(32)6-9-24-25-10-11-28(33(25,2)17-15-26(24)32)41-30(38)13-12-29(37)34-27(31(39)40-3)18-20-4-7-22(35)8-5-20/h4-5,7-8,19,24-28,35H,6,9-18H2,1-3H3,(H,34,37)/t24-,25-,26-,27+,28-,32+,33+/m1/s1. The van der Waals surface area contributed by atoms with E-state index >= 15 is 0 Å². The van der Waals surface area contributed by atoms with Crippen molar-refractivity contribution in [1.82, 2.24) is 5.32 Å². The Bertz CT molecular complexity index is 1220. The lowest BCUT2D eigenvalue weighted by molar-refractivity contribution is -0.160. The van der Waals surface area contributed by atoms with Gasteiger partial charge in [-0.3, -0.25) is 14.4 Å². The molecule has 4 aliphatic carbocycles. The fourth-order valence-corrected chi connectivity index (χ4v) is 8.61. The number of rotatable bonds is 8. The van der Waals surface area contributed by atoms with Crippen LogP contribution in [-0.4, -0.2) is 48.0 Å². The van der Waals surface area contributed by atoms with Gasteiger partial charge in [-0.15, -0.1) is 0 Å². The third-order valence-electron chi connectivity index (χ3n) is 10.9. The zero-order valence-electron chi connectivity index (χ0n) is 24.4. The van der Waals surface area contributed by atoms with Gasteiger partial charge in [-0.2, -0.15) is 0 Å². The van der Waals surface area contributed by atoms with E-state index in [0.29, 0.717) is 24.2 Å². The molecule has 1 amide bonds. The second-order valence-corrected chi connectivity index (χ2v) is 13.1. The van der Waals surface area contributed by atoms with E-state index in [1.807, 2.05) is 6.08 Å². The van der Waals surface area contributed by atoms with E-state index in [1.165, 1.54) is 24.8 Å². The van der Waals surface area contributed by atoms with Crippen LogP contribution < -0.4 is 5.32 Å². The van der Waals surface area contributed by atoms with Crippen molar-refractivity contribution in [3.63, 3.8) is 0 Å². The Morgan fingerprint density at radius 2 is 1.76 bits per heavy atom. The quantitative estimate of drug-likeness (QED) is 0.434. The second kappa shape index (κ2) is 11.6. The number of allylic oxidation sites excluding steroid dienone is 1. The van der Waals surface area contributed by atoms with E-state index in [9.17, 15) is 24.3 Å². The molecular formula is C33H43NO7. The highest BCUT2D eigenvalue weighted by molar-refractivity contribution is 5.91. The lowest BCUT2D eigenvalue weighted by Gasteiger charge is -2.57. The highest BCUT2D eigenvalue weighted by Crippen LogP contribution is 2.65. The molecule has 0 bridgehead atoms. The molecule has 0 aliphatic heterocycles. The molecule has 8 heteroatoms. The fourth-order valence-electron chi connectivity index (χ4n) is 8.61. The molecule has 2 N–H and O–H groups in total. The Labute approximate surface area is 242 Å². The molecule has 0 spiro atoms. The highest BCUT2D eigenvalue weighted by atomic mass is 16.5. The van der Waals surface area contributed by atoms with Crippen molar-refractivity contribution in [2.75, 3.05) is 7.11 Å². The zero-order valence-corrected chi connectivity index (χ0v) is 24.4. The van der Waals surface area contributed by atoms with Crippen LogP contribution in [0.15, 0.2) is 35.9 Å². The molecule has 1 aromatic carbocycles. The predicted molar refractivity (Wildman–Crippen MR) is 152 cm³/mol. The number of ketones is 1. The van der Waals surface area contributed by atoms with Gasteiger partial charge in [-0.1, -0.05) is 31.6 Å². The number of phenols is 1. The highest BCUT2D eigenvalue weighted by Gasteiger charge is 2.60. The molecule has 222 valence electrons. The molecule has 8 nitrogen and oxygen atoms in total. The number of nitrogens with one attached hydrogen (secondary N) is 1. The fraction of sp³-hybridized carbons (Fsp3) is 0.636. The molecule has 3 fully saturated rings. The van der Waals surface area contributed by atoms with Crippen molar-refractivity contribution >= 4 is 23.6 Å². The SMILES string of the molecule is COC(=O)[C@H](Cc1ccc(O)cc1)NC(=O)CCC(=O)O[C@@H]1CC[C@@H]2[C@H]3CCC4=CC(=O)CC[C@]4(C)[C@@H]3CC[C@@]21C. The van der Waals surface area contributed by atoms with Gasteiger partial charge < -0.3 is 19.9 Å². The average molecular weight is 566 g/mol. The van der Waals surface area contributed by atoms with Crippen LogP contribution in [-0.2, 0) is 35.1 Å². The van der Waals surface area contributed by atoms with Gasteiger partial charge in [0, 0.05) is 24.7 Å². The predicted octanol–water partition coefficient (Wildman–Crippen LogP) is 4.82. The van der Waals surface area contributed by atoms with Crippen molar-refractivity contribution in [3.05, 3.63) is 41.5 Å². The third kappa shape index (κ3) is 5.80. The van der Waals surface area contributed by atoms with Gasteiger partial charge in [0.05, 0.1) is 13.5 Å². The number of ether oxygens (including phenoxy) is 2. The number of esters is 2. The van der Waals surface area contributed by atoms with Crippen molar-refractivity contribution in [1.29, 1.82) is 0 Å². The molecule has 0 saturated heterocycles. The van der Waals surface area contributed by atoms with Gasteiger partial charge in [0.2, 0.25) is 5.91 Å². The van der Waals surface area contributed by atoms with Gasteiger partial charge in [-0.25, -0.2) is 4.79 Å². The summed E-state index contributed by atoms with van der Waals surface area (Å²) >= 11 is 0. The number of aromatic hydroxyl groups is 1. The molecule has 3 saturated carbocycles. The van der Waals surface area contributed by atoms with Gasteiger partial charge in [-0.05, 0) is 91.9 Å². The molecule has 0 radical (unpaired) electrons. The van der Waals surface area contributed by atoms with Crippen molar-refractivity contribution in [2.24, 2.45) is 28.6 Å². The van der Waals surface area contributed by atoms with E-state index in [2.05, 4.69) is 19.2 Å². The van der Waals surface area contributed by atoms with Crippen LogP contribution in [0.2, 0.25) is 0 Å². The number of amides is 1. The Hall–Kier alpha value is -3.16. The van der Waals surface area contributed by atoms with Crippen LogP contribution >= 0.6 is 0 Å². The minimum absolute atomic E-state index is 0.0531.